The summed E-state index contributed by atoms with van der Waals surface area (Å²) in [5.41, 5.74) is 1.25. The van der Waals surface area contributed by atoms with Gasteiger partial charge in [0.05, 0.1) is 5.69 Å². The van der Waals surface area contributed by atoms with E-state index in [0.29, 0.717) is 6.04 Å². The van der Waals surface area contributed by atoms with Crippen LogP contribution in [0.4, 0.5) is 5.95 Å². The standard InChI is InChI=1S/C14H20N6/c1-18(14-15-6-3-7-16-14)12-5-9-20(10-12)11-13-4-8-17-19(13)2/h3-4,6-8,12H,5,9-11H2,1-2H3. The van der Waals surface area contributed by atoms with Crippen molar-refractivity contribution in [1.82, 2.24) is 24.6 Å². The molecule has 6 heteroatoms. The van der Waals surface area contributed by atoms with Crippen LogP contribution in [0.25, 0.3) is 0 Å². The van der Waals surface area contributed by atoms with Crippen molar-refractivity contribution in [2.24, 2.45) is 7.05 Å². The second-order valence-electron chi connectivity index (χ2n) is 5.28. The minimum absolute atomic E-state index is 0.477. The quantitative estimate of drug-likeness (QED) is 0.828. The van der Waals surface area contributed by atoms with Crippen LogP contribution in [-0.4, -0.2) is 50.8 Å². The van der Waals surface area contributed by atoms with Gasteiger partial charge in [-0.15, -0.1) is 0 Å². The van der Waals surface area contributed by atoms with Crippen LogP contribution in [-0.2, 0) is 13.6 Å². The molecule has 1 aliphatic heterocycles. The van der Waals surface area contributed by atoms with Gasteiger partial charge in [-0.25, -0.2) is 9.97 Å². The lowest BCUT2D eigenvalue weighted by atomic mass is 10.2. The molecule has 2 aromatic rings. The molecule has 0 radical (unpaired) electrons. The van der Waals surface area contributed by atoms with E-state index in [4.69, 9.17) is 0 Å². The molecule has 0 aromatic carbocycles. The molecule has 1 fully saturated rings. The summed E-state index contributed by atoms with van der Waals surface area (Å²) in [7, 11) is 4.07. The maximum absolute atomic E-state index is 4.32. The van der Waals surface area contributed by atoms with Gasteiger partial charge in [0, 0.05) is 58.4 Å². The molecule has 0 N–H and O–H groups in total. The van der Waals surface area contributed by atoms with Gasteiger partial charge in [0.15, 0.2) is 0 Å². The molecule has 3 heterocycles. The highest BCUT2D eigenvalue weighted by Crippen LogP contribution is 2.19. The van der Waals surface area contributed by atoms with E-state index in [-0.39, 0.29) is 0 Å². The van der Waals surface area contributed by atoms with Crippen LogP contribution in [0.5, 0.6) is 0 Å². The van der Waals surface area contributed by atoms with Gasteiger partial charge in [0.25, 0.3) is 0 Å². The minimum Gasteiger partial charge on any atom is -0.340 e. The van der Waals surface area contributed by atoms with E-state index >= 15 is 0 Å². The predicted molar refractivity (Wildman–Crippen MR) is 77.3 cm³/mol. The van der Waals surface area contributed by atoms with Gasteiger partial charge in [-0.2, -0.15) is 5.10 Å². The van der Waals surface area contributed by atoms with Crippen molar-refractivity contribution < 1.29 is 0 Å². The lowest BCUT2D eigenvalue weighted by Gasteiger charge is -2.24. The van der Waals surface area contributed by atoms with Crippen molar-refractivity contribution in [3.63, 3.8) is 0 Å². The summed E-state index contributed by atoms with van der Waals surface area (Å²) in [5.74, 6) is 0.805. The molecule has 1 aliphatic rings. The fourth-order valence-electron chi connectivity index (χ4n) is 2.69. The normalized spacial score (nSPS) is 19.4. The van der Waals surface area contributed by atoms with E-state index in [1.807, 2.05) is 24.0 Å². The van der Waals surface area contributed by atoms with Gasteiger partial charge < -0.3 is 4.90 Å². The number of hydrogen-bond donors (Lipinski definition) is 0. The number of rotatable bonds is 4. The number of hydrogen-bond acceptors (Lipinski definition) is 5. The van der Waals surface area contributed by atoms with Crippen LogP contribution in [0.2, 0.25) is 0 Å². The molecule has 1 saturated heterocycles. The fourth-order valence-corrected chi connectivity index (χ4v) is 2.69. The smallest absolute Gasteiger partial charge is 0.225 e. The molecule has 20 heavy (non-hydrogen) atoms. The summed E-state index contributed by atoms with van der Waals surface area (Å²) in [4.78, 5) is 13.3. The highest BCUT2D eigenvalue weighted by molar-refractivity contribution is 5.29. The topological polar surface area (TPSA) is 50.1 Å². The predicted octanol–water partition coefficient (Wildman–Crippen LogP) is 0.921. The molecule has 1 unspecified atom stereocenters. The second-order valence-corrected chi connectivity index (χ2v) is 5.28. The summed E-state index contributed by atoms with van der Waals surface area (Å²) in [6.07, 6.45) is 6.59. The molecule has 1 atom stereocenters. The van der Waals surface area contributed by atoms with Crippen LogP contribution in [0.15, 0.2) is 30.7 Å². The highest BCUT2D eigenvalue weighted by Gasteiger charge is 2.27. The molecule has 2 aromatic heterocycles. The Hall–Kier alpha value is -1.95. The lowest BCUT2D eigenvalue weighted by molar-refractivity contribution is 0.316. The largest absolute Gasteiger partial charge is 0.340 e. The zero-order valence-electron chi connectivity index (χ0n) is 12.0. The summed E-state index contributed by atoms with van der Waals surface area (Å²) < 4.78 is 1.94. The SMILES string of the molecule is CN(c1ncccn1)C1CCN(Cc2ccnn2C)C1. The highest BCUT2D eigenvalue weighted by atomic mass is 15.3. The molecule has 0 saturated carbocycles. The van der Waals surface area contributed by atoms with E-state index in [1.165, 1.54) is 5.69 Å². The maximum atomic E-state index is 4.32. The first-order valence-electron chi connectivity index (χ1n) is 6.93. The first kappa shape index (κ1) is 13.1. The van der Waals surface area contributed by atoms with Crippen LogP contribution in [0.1, 0.15) is 12.1 Å². The lowest BCUT2D eigenvalue weighted by Crippen LogP contribution is -2.35. The second kappa shape index (κ2) is 5.58. The zero-order valence-corrected chi connectivity index (χ0v) is 12.0. The van der Waals surface area contributed by atoms with Crippen LogP contribution >= 0.6 is 0 Å². The van der Waals surface area contributed by atoms with Crippen LogP contribution in [0, 0.1) is 0 Å². The van der Waals surface area contributed by atoms with E-state index < -0.39 is 0 Å². The summed E-state index contributed by atoms with van der Waals surface area (Å²) >= 11 is 0. The third-order valence-corrected chi connectivity index (χ3v) is 3.97. The monoisotopic (exact) mass is 272 g/mol. The summed E-state index contributed by atoms with van der Waals surface area (Å²) in [6.45, 7) is 3.10. The zero-order chi connectivity index (χ0) is 13.9. The van der Waals surface area contributed by atoms with Crippen molar-refractivity contribution in [3.05, 3.63) is 36.4 Å². The number of nitrogens with zero attached hydrogens (tertiary/aromatic N) is 6. The Bertz CT molecular complexity index is 552. The van der Waals surface area contributed by atoms with Gasteiger partial charge >= 0.3 is 0 Å². The third kappa shape index (κ3) is 2.65. The maximum Gasteiger partial charge on any atom is 0.225 e. The number of anilines is 1. The number of likely N-dealkylation sites (tertiary alicyclic amines) is 1. The van der Waals surface area contributed by atoms with E-state index in [1.54, 1.807) is 12.4 Å². The average molecular weight is 272 g/mol. The van der Waals surface area contributed by atoms with Gasteiger partial charge in [0.1, 0.15) is 0 Å². The van der Waals surface area contributed by atoms with Crippen molar-refractivity contribution in [2.45, 2.75) is 19.0 Å². The van der Waals surface area contributed by atoms with E-state index in [0.717, 1.165) is 32.0 Å². The Balaban J connectivity index is 1.61. The Morgan fingerprint density at radius 1 is 1.30 bits per heavy atom. The molecule has 0 amide bonds. The molecular formula is C14H20N6. The van der Waals surface area contributed by atoms with Gasteiger partial charge in [0.2, 0.25) is 5.95 Å². The summed E-state index contributed by atoms with van der Waals surface area (Å²) in [5, 5.41) is 4.22. The molecule has 0 aliphatic carbocycles. The van der Waals surface area contributed by atoms with Crippen molar-refractivity contribution in [2.75, 3.05) is 25.0 Å². The summed E-state index contributed by atoms with van der Waals surface area (Å²) in [6, 6.07) is 4.41. The Morgan fingerprint density at radius 2 is 2.10 bits per heavy atom. The Labute approximate surface area is 119 Å². The van der Waals surface area contributed by atoms with Crippen molar-refractivity contribution in [1.29, 1.82) is 0 Å². The van der Waals surface area contributed by atoms with Gasteiger partial charge in [-0.3, -0.25) is 9.58 Å². The van der Waals surface area contributed by atoms with Crippen LogP contribution in [0.3, 0.4) is 0 Å². The first-order chi connectivity index (χ1) is 9.74. The van der Waals surface area contributed by atoms with E-state index in [2.05, 4.69) is 38.0 Å². The Morgan fingerprint density at radius 3 is 2.80 bits per heavy atom. The average Bonchev–Trinajstić information content (AvgIpc) is 3.10. The number of aromatic nitrogens is 4. The first-order valence-corrected chi connectivity index (χ1v) is 6.93. The third-order valence-electron chi connectivity index (χ3n) is 3.97. The molecule has 0 spiro atoms. The van der Waals surface area contributed by atoms with Crippen LogP contribution < -0.4 is 4.90 Å². The molecular weight excluding hydrogens is 252 g/mol. The fraction of sp³-hybridized carbons (Fsp3) is 0.500. The molecule has 3 rings (SSSR count). The van der Waals surface area contributed by atoms with E-state index in [9.17, 15) is 0 Å². The van der Waals surface area contributed by atoms with Gasteiger partial charge in [-0.05, 0) is 18.6 Å². The molecule has 6 nitrogen and oxygen atoms in total. The number of aryl methyl sites for hydroxylation is 1. The number of likely N-dealkylation sites (N-methyl/N-ethyl adjacent to an activating group) is 1. The molecule has 0 bridgehead atoms. The van der Waals surface area contributed by atoms with Gasteiger partial charge in [-0.1, -0.05) is 0 Å². The molecule has 106 valence electrons. The van der Waals surface area contributed by atoms with Crippen molar-refractivity contribution >= 4 is 5.95 Å². The van der Waals surface area contributed by atoms with Crippen molar-refractivity contribution in [3.8, 4) is 0 Å². The minimum atomic E-state index is 0.477. The Kier molecular flexibility index (Phi) is 3.64.